The molecular weight excluding hydrogens is 235 g/mol. The Hall–Kier alpha value is -1.91. The minimum atomic E-state index is -0.753. The number of benzene rings is 1. The normalized spacial score (nSPS) is 11.9. The molecule has 4 nitrogen and oxygen atoms in total. The van der Waals surface area contributed by atoms with Crippen LogP contribution in [-0.4, -0.2) is 17.9 Å². The monoisotopic (exact) mass is 252 g/mol. The van der Waals surface area contributed by atoms with Crippen molar-refractivity contribution < 1.29 is 14.0 Å². The largest absolute Gasteiger partial charge is 0.368 e. The molecule has 0 aliphatic carbocycles. The van der Waals surface area contributed by atoms with Gasteiger partial charge in [-0.1, -0.05) is 31.9 Å². The molecule has 2 amide bonds. The van der Waals surface area contributed by atoms with Crippen molar-refractivity contribution in [2.45, 2.75) is 32.2 Å². The Balaban J connectivity index is 2.72. The quantitative estimate of drug-likeness (QED) is 0.807. The molecule has 98 valence electrons. The lowest BCUT2D eigenvalue weighted by atomic mass is 10.1. The highest BCUT2D eigenvalue weighted by Gasteiger charge is 2.19. The number of unbranched alkanes of at least 4 members (excludes halogenated alkanes) is 1. The zero-order valence-corrected chi connectivity index (χ0v) is 10.3. The van der Waals surface area contributed by atoms with Crippen LogP contribution in [0.5, 0.6) is 0 Å². The van der Waals surface area contributed by atoms with E-state index in [2.05, 4.69) is 5.32 Å². The standard InChI is InChI=1S/C13H17FN2O2/c1-2-3-8-11(12(15)17)16-13(18)9-6-4-5-7-10(9)14/h4-7,11H,2-3,8H2,1H3,(H2,15,17)(H,16,18)/t11-/m0/s1. The second kappa shape index (κ2) is 6.74. The first-order valence-corrected chi connectivity index (χ1v) is 5.91. The summed E-state index contributed by atoms with van der Waals surface area (Å²) in [4.78, 5) is 23.0. The van der Waals surface area contributed by atoms with E-state index >= 15 is 0 Å². The summed E-state index contributed by atoms with van der Waals surface area (Å²) in [5, 5.41) is 2.45. The van der Waals surface area contributed by atoms with Gasteiger partial charge in [-0.05, 0) is 18.6 Å². The molecule has 0 aromatic heterocycles. The van der Waals surface area contributed by atoms with Crippen molar-refractivity contribution in [1.29, 1.82) is 0 Å². The molecule has 0 fully saturated rings. The molecule has 18 heavy (non-hydrogen) atoms. The molecule has 1 rings (SSSR count). The summed E-state index contributed by atoms with van der Waals surface area (Å²) >= 11 is 0. The summed E-state index contributed by atoms with van der Waals surface area (Å²) in [6.45, 7) is 1.97. The van der Waals surface area contributed by atoms with E-state index in [-0.39, 0.29) is 5.56 Å². The number of hydrogen-bond acceptors (Lipinski definition) is 2. The fourth-order valence-electron chi connectivity index (χ4n) is 1.58. The molecule has 0 radical (unpaired) electrons. The summed E-state index contributed by atoms with van der Waals surface area (Å²) in [6, 6.07) is 4.86. The Morgan fingerprint density at radius 1 is 1.39 bits per heavy atom. The molecule has 0 aliphatic heterocycles. The van der Waals surface area contributed by atoms with Crippen LogP contribution < -0.4 is 11.1 Å². The van der Waals surface area contributed by atoms with Gasteiger partial charge in [0.05, 0.1) is 5.56 Å². The summed E-state index contributed by atoms with van der Waals surface area (Å²) in [7, 11) is 0. The van der Waals surface area contributed by atoms with Gasteiger partial charge in [0.2, 0.25) is 5.91 Å². The molecule has 1 atom stereocenters. The first kappa shape index (κ1) is 14.2. The second-order valence-corrected chi connectivity index (χ2v) is 4.05. The third kappa shape index (κ3) is 3.84. The van der Waals surface area contributed by atoms with Crippen LogP contribution in [0.4, 0.5) is 4.39 Å². The highest BCUT2D eigenvalue weighted by atomic mass is 19.1. The van der Waals surface area contributed by atoms with Crippen molar-refractivity contribution in [3.8, 4) is 0 Å². The van der Waals surface area contributed by atoms with Gasteiger partial charge in [-0.2, -0.15) is 0 Å². The molecule has 1 aromatic carbocycles. The molecule has 0 unspecified atom stereocenters. The van der Waals surface area contributed by atoms with E-state index in [4.69, 9.17) is 5.73 Å². The van der Waals surface area contributed by atoms with Crippen molar-refractivity contribution in [2.24, 2.45) is 5.73 Å². The van der Waals surface area contributed by atoms with Gasteiger partial charge in [0.1, 0.15) is 11.9 Å². The number of carbonyl (C=O) groups is 2. The van der Waals surface area contributed by atoms with Crippen LogP contribution in [0, 0.1) is 5.82 Å². The maximum Gasteiger partial charge on any atom is 0.254 e. The molecule has 5 heteroatoms. The van der Waals surface area contributed by atoms with Crippen molar-refractivity contribution >= 4 is 11.8 Å². The van der Waals surface area contributed by atoms with Crippen LogP contribution in [0.1, 0.15) is 36.5 Å². The van der Waals surface area contributed by atoms with E-state index in [9.17, 15) is 14.0 Å². The number of rotatable bonds is 6. The highest BCUT2D eigenvalue weighted by Crippen LogP contribution is 2.07. The maximum absolute atomic E-state index is 13.4. The number of nitrogens with two attached hydrogens (primary N) is 1. The fourth-order valence-corrected chi connectivity index (χ4v) is 1.58. The molecule has 3 N–H and O–H groups in total. The zero-order chi connectivity index (χ0) is 13.5. The Labute approximate surface area is 105 Å². The van der Waals surface area contributed by atoms with Crippen molar-refractivity contribution in [1.82, 2.24) is 5.32 Å². The Morgan fingerprint density at radius 2 is 2.06 bits per heavy atom. The van der Waals surface area contributed by atoms with Crippen LogP contribution in [-0.2, 0) is 4.79 Å². The van der Waals surface area contributed by atoms with Crippen LogP contribution in [0.3, 0.4) is 0 Å². The summed E-state index contributed by atoms with van der Waals surface area (Å²) in [6.07, 6.45) is 2.12. The molecule has 0 bridgehead atoms. The predicted molar refractivity (Wildman–Crippen MR) is 66.4 cm³/mol. The van der Waals surface area contributed by atoms with Gasteiger partial charge in [-0.3, -0.25) is 9.59 Å². The minimum absolute atomic E-state index is 0.0831. The van der Waals surface area contributed by atoms with Crippen LogP contribution in [0.2, 0.25) is 0 Å². The van der Waals surface area contributed by atoms with Gasteiger partial charge in [-0.15, -0.1) is 0 Å². The third-order valence-electron chi connectivity index (χ3n) is 2.61. The van der Waals surface area contributed by atoms with Crippen molar-refractivity contribution in [2.75, 3.05) is 0 Å². The smallest absolute Gasteiger partial charge is 0.254 e. The summed E-state index contributed by atoms with van der Waals surface area (Å²) in [5.74, 6) is -1.84. The molecule has 0 saturated heterocycles. The lowest BCUT2D eigenvalue weighted by molar-refractivity contribution is -0.120. The second-order valence-electron chi connectivity index (χ2n) is 4.05. The van der Waals surface area contributed by atoms with E-state index < -0.39 is 23.7 Å². The topological polar surface area (TPSA) is 72.2 Å². The Kier molecular flexibility index (Phi) is 5.30. The predicted octanol–water partition coefficient (Wildman–Crippen LogP) is 1.60. The van der Waals surface area contributed by atoms with Gasteiger partial charge in [0, 0.05) is 0 Å². The van der Waals surface area contributed by atoms with Gasteiger partial charge in [0.15, 0.2) is 0 Å². The van der Waals surface area contributed by atoms with Crippen molar-refractivity contribution in [3.63, 3.8) is 0 Å². The number of amides is 2. The first-order valence-electron chi connectivity index (χ1n) is 5.91. The van der Waals surface area contributed by atoms with Gasteiger partial charge in [-0.25, -0.2) is 4.39 Å². The van der Waals surface area contributed by atoms with E-state index in [1.165, 1.54) is 18.2 Å². The zero-order valence-electron chi connectivity index (χ0n) is 10.3. The molecular formula is C13H17FN2O2. The number of halogens is 1. The summed E-state index contributed by atoms with van der Waals surface area (Å²) < 4.78 is 13.4. The number of hydrogen-bond donors (Lipinski definition) is 2. The maximum atomic E-state index is 13.4. The lowest BCUT2D eigenvalue weighted by Gasteiger charge is -2.15. The number of nitrogens with one attached hydrogen (secondary N) is 1. The van der Waals surface area contributed by atoms with Crippen LogP contribution in [0.15, 0.2) is 24.3 Å². The highest BCUT2D eigenvalue weighted by molar-refractivity contribution is 5.97. The number of carbonyl (C=O) groups excluding carboxylic acids is 2. The number of primary amides is 1. The van der Waals surface area contributed by atoms with E-state index in [0.717, 1.165) is 12.8 Å². The average Bonchev–Trinajstić information content (AvgIpc) is 2.34. The molecule has 0 saturated carbocycles. The van der Waals surface area contributed by atoms with Crippen LogP contribution >= 0.6 is 0 Å². The first-order chi connectivity index (χ1) is 8.56. The van der Waals surface area contributed by atoms with Gasteiger partial charge in [0.25, 0.3) is 5.91 Å². The van der Waals surface area contributed by atoms with E-state index in [1.807, 2.05) is 6.92 Å². The third-order valence-corrected chi connectivity index (χ3v) is 2.61. The Bertz CT molecular complexity index is 435. The van der Waals surface area contributed by atoms with Crippen molar-refractivity contribution in [3.05, 3.63) is 35.6 Å². The van der Waals surface area contributed by atoms with Crippen LogP contribution in [0.25, 0.3) is 0 Å². The van der Waals surface area contributed by atoms with Gasteiger partial charge < -0.3 is 11.1 Å². The van der Waals surface area contributed by atoms with E-state index in [1.54, 1.807) is 6.07 Å². The average molecular weight is 252 g/mol. The Morgan fingerprint density at radius 3 is 2.61 bits per heavy atom. The molecule has 0 aliphatic rings. The summed E-state index contributed by atoms with van der Waals surface area (Å²) in [5.41, 5.74) is 5.11. The molecule has 1 aromatic rings. The lowest BCUT2D eigenvalue weighted by Crippen LogP contribution is -2.44. The molecule has 0 spiro atoms. The molecule has 0 heterocycles. The van der Waals surface area contributed by atoms with Gasteiger partial charge >= 0.3 is 0 Å². The SMILES string of the molecule is CCCC[C@H](NC(=O)c1ccccc1F)C(N)=O. The van der Waals surface area contributed by atoms with E-state index in [0.29, 0.717) is 6.42 Å². The minimum Gasteiger partial charge on any atom is -0.368 e. The fraction of sp³-hybridized carbons (Fsp3) is 0.385.